The fraction of sp³-hybridized carbons (Fsp3) is 0.176. The molecule has 0 saturated carbocycles. The van der Waals surface area contributed by atoms with Gasteiger partial charge in [0, 0.05) is 36.9 Å². The smallest absolute Gasteiger partial charge is 0.239 e. The standard InChI is InChI=1S/C17H19N7O3S/c1-23(28(2,26)27)10-17(25)22-14-5-3-13(4-6-14)21-15-9-16(20-11-19-15)24-8-7-18-12-24/h3-9,11-12H,10H2,1-2H3,(H,22,25)(H,19,20,21). The first-order valence-corrected chi connectivity index (χ1v) is 10.0. The number of rotatable bonds is 7. The Hall–Kier alpha value is -3.31. The fourth-order valence-corrected chi connectivity index (χ4v) is 2.61. The molecule has 11 heteroatoms. The van der Waals surface area contributed by atoms with Crippen LogP contribution in [0.5, 0.6) is 0 Å². The largest absolute Gasteiger partial charge is 0.340 e. The quantitative estimate of drug-likeness (QED) is 0.611. The summed E-state index contributed by atoms with van der Waals surface area (Å²) in [5.41, 5.74) is 1.32. The SMILES string of the molecule is CN(CC(=O)Nc1ccc(Nc2cc(-n3ccnc3)ncn2)cc1)S(C)(=O)=O. The van der Waals surface area contributed by atoms with Crippen LogP contribution in [0, 0.1) is 0 Å². The van der Waals surface area contributed by atoms with Gasteiger partial charge in [-0.2, -0.15) is 4.31 Å². The van der Waals surface area contributed by atoms with Gasteiger partial charge in [0.05, 0.1) is 12.8 Å². The minimum atomic E-state index is -3.41. The predicted molar refractivity (Wildman–Crippen MR) is 105 cm³/mol. The van der Waals surface area contributed by atoms with Crippen LogP contribution in [0.15, 0.2) is 55.4 Å². The summed E-state index contributed by atoms with van der Waals surface area (Å²) in [7, 11) is -2.06. The lowest BCUT2D eigenvalue weighted by Gasteiger charge is -2.14. The van der Waals surface area contributed by atoms with Crippen molar-refractivity contribution in [3.63, 3.8) is 0 Å². The molecule has 0 spiro atoms. The monoisotopic (exact) mass is 401 g/mol. The number of amides is 1. The lowest BCUT2D eigenvalue weighted by molar-refractivity contribution is -0.116. The highest BCUT2D eigenvalue weighted by Gasteiger charge is 2.15. The number of sulfonamides is 1. The lowest BCUT2D eigenvalue weighted by Crippen LogP contribution is -2.34. The van der Waals surface area contributed by atoms with E-state index >= 15 is 0 Å². The van der Waals surface area contributed by atoms with Crippen molar-refractivity contribution in [3.05, 3.63) is 55.4 Å². The maximum absolute atomic E-state index is 11.9. The Morgan fingerprint density at radius 2 is 1.89 bits per heavy atom. The fourth-order valence-electron chi connectivity index (χ4n) is 2.26. The zero-order valence-corrected chi connectivity index (χ0v) is 16.1. The first-order valence-electron chi connectivity index (χ1n) is 8.20. The van der Waals surface area contributed by atoms with Crippen LogP contribution in [0.2, 0.25) is 0 Å². The van der Waals surface area contributed by atoms with E-state index in [2.05, 4.69) is 25.6 Å². The summed E-state index contributed by atoms with van der Waals surface area (Å²) < 4.78 is 25.5. The summed E-state index contributed by atoms with van der Waals surface area (Å²) >= 11 is 0. The molecule has 0 saturated heterocycles. The van der Waals surface area contributed by atoms with Gasteiger partial charge in [-0.1, -0.05) is 0 Å². The van der Waals surface area contributed by atoms with Gasteiger partial charge in [-0.05, 0) is 24.3 Å². The summed E-state index contributed by atoms with van der Waals surface area (Å²) in [6, 6.07) is 8.74. The third kappa shape index (κ3) is 5.11. The number of benzene rings is 1. The molecule has 0 radical (unpaired) electrons. The number of nitrogens with one attached hydrogen (secondary N) is 2. The Labute approximate surface area is 162 Å². The number of aromatic nitrogens is 4. The summed E-state index contributed by atoms with van der Waals surface area (Å²) in [5.74, 6) is 0.855. The average Bonchev–Trinajstić information content (AvgIpc) is 3.17. The molecule has 2 heterocycles. The van der Waals surface area contributed by atoms with Crippen LogP contribution < -0.4 is 10.6 Å². The molecule has 146 valence electrons. The maximum Gasteiger partial charge on any atom is 0.239 e. The molecule has 0 aliphatic carbocycles. The number of carbonyl (C=O) groups is 1. The first kappa shape index (κ1) is 19.5. The summed E-state index contributed by atoms with van der Waals surface area (Å²) in [6.07, 6.45) is 7.59. The Kier molecular flexibility index (Phi) is 5.66. The normalized spacial score (nSPS) is 11.4. The van der Waals surface area contributed by atoms with Gasteiger partial charge in [-0.15, -0.1) is 0 Å². The lowest BCUT2D eigenvalue weighted by atomic mass is 10.2. The number of likely N-dealkylation sites (N-methyl/N-ethyl adjacent to an activating group) is 1. The van der Waals surface area contributed by atoms with Gasteiger partial charge < -0.3 is 10.6 Å². The van der Waals surface area contributed by atoms with Crippen LogP contribution >= 0.6 is 0 Å². The molecular weight excluding hydrogens is 382 g/mol. The number of imidazole rings is 1. The summed E-state index contributed by atoms with van der Waals surface area (Å²) in [6.45, 7) is -0.253. The molecule has 0 fully saturated rings. The van der Waals surface area contributed by atoms with E-state index in [1.807, 2.05) is 0 Å². The van der Waals surface area contributed by atoms with Crippen molar-refractivity contribution in [1.82, 2.24) is 23.8 Å². The minimum absolute atomic E-state index is 0.253. The molecule has 2 aromatic heterocycles. The van der Waals surface area contributed by atoms with E-state index in [9.17, 15) is 13.2 Å². The van der Waals surface area contributed by atoms with Crippen molar-refractivity contribution in [1.29, 1.82) is 0 Å². The van der Waals surface area contributed by atoms with Gasteiger partial charge in [0.2, 0.25) is 15.9 Å². The van der Waals surface area contributed by atoms with Gasteiger partial charge in [0.1, 0.15) is 24.3 Å². The highest BCUT2D eigenvalue weighted by molar-refractivity contribution is 7.88. The molecule has 2 N–H and O–H groups in total. The van der Waals surface area contributed by atoms with E-state index < -0.39 is 15.9 Å². The first-order chi connectivity index (χ1) is 13.3. The second kappa shape index (κ2) is 8.15. The molecule has 0 bridgehead atoms. The van der Waals surface area contributed by atoms with Crippen LogP contribution in [-0.4, -0.2) is 58.0 Å². The Morgan fingerprint density at radius 1 is 1.18 bits per heavy atom. The zero-order valence-electron chi connectivity index (χ0n) is 15.3. The van der Waals surface area contributed by atoms with E-state index in [1.165, 1.54) is 13.4 Å². The highest BCUT2D eigenvalue weighted by atomic mass is 32.2. The van der Waals surface area contributed by atoms with E-state index in [0.717, 1.165) is 16.2 Å². The third-order valence-corrected chi connectivity index (χ3v) is 5.06. The second-order valence-electron chi connectivity index (χ2n) is 6.00. The molecule has 10 nitrogen and oxygen atoms in total. The molecule has 0 unspecified atom stereocenters. The van der Waals surface area contributed by atoms with E-state index in [4.69, 9.17) is 0 Å². The van der Waals surface area contributed by atoms with Crippen LogP contribution in [0.1, 0.15) is 0 Å². The molecule has 1 amide bonds. The summed E-state index contributed by atoms with van der Waals surface area (Å²) in [5, 5.41) is 5.81. The van der Waals surface area contributed by atoms with Crippen LogP contribution in [0.3, 0.4) is 0 Å². The van der Waals surface area contributed by atoms with E-state index in [0.29, 0.717) is 17.3 Å². The van der Waals surface area contributed by atoms with Crippen molar-refractivity contribution >= 4 is 33.1 Å². The highest BCUT2D eigenvalue weighted by Crippen LogP contribution is 2.18. The number of hydrogen-bond donors (Lipinski definition) is 2. The Morgan fingerprint density at radius 3 is 2.54 bits per heavy atom. The van der Waals surface area contributed by atoms with E-state index in [1.54, 1.807) is 53.6 Å². The van der Waals surface area contributed by atoms with Crippen molar-refractivity contribution in [2.45, 2.75) is 0 Å². The van der Waals surface area contributed by atoms with Crippen LogP contribution in [-0.2, 0) is 14.8 Å². The number of carbonyl (C=O) groups excluding carboxylic acids is 1. The zero-order chi connectivity index (χ0) is 20.1. The summed E-state index contributed by atoms with van der Waals surface area (Å²) in [4.78, 5) is 24.3. The topological polar surface area (TPSA) is 122 Å². The van der Waals surface area contributed by atoms with Crippen molar-refractivity contribution < 1.29 is 13.2 Å². The van der Waals surface area contributed by atoms with Gasteiger partial charge in [-0.25, -0.2) is 23.4 Å². The average molecular weight is 401 g/mol. The second-order valence-corrected chi connectivity index (χ2v) is 8.09. The molecule has 0 aliphatic rings. The molecule has 0 atom stereocenters. The number of nitrogens with zero attached hydrogens (tertiary/aromatic N) is 5. The van der Waals surface area contributed by atoms with Crippen molar-refractivity contribution in [3.8, 4) is 5.82 Å². The molecule has 3 aromatic rings. The van der Waals surface area contributed by atoms with Gasteiger partial charge in [0.25, 0.3) is 0 Å². The van der Waals surface area contributed by atoms with Gasteiger partial charge in [-0.3, -0.25) is 9.36 Å². The number of hydrogen-bond acceptors (Lipinski definition) is 7. The van der Waals surface area contributed by atoms with Crippen molar-refractivity contribution in [2.24, 2.45) is 0 Å². The molecule has 0 aliphatic heterocycles. The Bertz CT molecular complexity index is 1050. The predicted octanol–water partition coefficient (Wildman–Crippen LogP) is 1.24. The molecule has 3 rings (SSSR count). The number of anilines is 3. The Balaban J connectivity index is 1.62. The molecule has 28 heavy (non-hydrogen) atoms. The molecule has 1 aromatic carbocycles. The van der Waals surface area contributed by atoms with Crippen LogP contribution in [0.25, 0.3) is 5.82 Å². The maximum atomic E-state index is 11.9. The minimum Gasteiger partial charge on any atom is -0.340 e. The third-order valence-electron chi connectivity index (χ3n) is 3.80. The van der Waals surface area contributed by atoms with Crippen LogP contribution in [0.4, 0.5) is 17.2 Å². The van der Waals surface area contributed by atoms with Gasteiger partial charge >= 0.3 is 0 Å². The van der Waals surface area contributed by atoms with Gasteiger partial charge in [0.15, 0.2) is 0 Å². The van der Waals surface area contributed by atoms with E-state index in [-0.39, 0.29) is 6.54 Å². The molecular formula is C17H19N7O3S. The van der Waals surface area contributed by atoms with Crippen molar-refractivity contribution in [2.75, 3.05) is 30.5 Å².